The summed E-state index contributed by atoms with van der Waals surface area (Å²) in [5.74, 6) is 1.67. The van der Waals surface area contributed by atoms with Crippen molar-refractivity contribution in [1.82, 2.24) is 0 Å². The van der Waals surface area contributed by atoms with E-state index in [2.05, 4.69) is 50.8 Å². The van der Waals surface area contributed by atoms with Gasteiger partial charge in [-0.3, -0.25) is 9.93 Å². The number of aldehydes is 1. The van der Waals surface area contributed by atoms with Crippen molar-refractivity contribution in [3.05, 3.63) is 51.4 Å². The monoisotopic (exact) mass is 441 g/mol. The Bertz CT molecular complexity index is 818. The molecule has 2 aromatic rings. The lowest BCUT2D eigenvalue weighted by Crippen LogP contribution is -2.03. The largest absolute Gasteiger partial charge is 0.458 e. The third kappa shape index (κ3) is 7.42. The average Bonchev–Trinajstić information content (AvgIpc) is 3.05. The number of benzene rings is 1. The molecule has 0 aliphatic rings. The van der Waals surface area contributed by atoms with E-state index in [9.17, 15) is 4.79 Å². The van der Waals surface area contributed by atoms with Crippen LogP contribution >= 0.6 is 24.4 Å². The van der Waals surface area contributed by atoms with E-state index in [1.165, 1.54) is 5.56 Å². The number of nitrogens with zero attached hydrogens (tertiary/aromatic N) is 1. The second-order valence-corrected chi connectivity index (χ2v) is 7.32. The van der Waals surface area contributed by atoms with Crippen LogP contribution in [0.4, 0.5) is 5.69 Å². The van der Waals surface area contributed by atoms with E-state index in [-0.39, 0.29) is 5.76 Å². The maximum Gasteiger partial charge on any atom is 0.185 e. The van der Waals surface area contributed by atoms with Crippen LogP contribution in [0.25, 0.3) is 0 Å². The normalized spacial score (nSPS) is 10.9. The van der Waals surface area contributed by atoms with Crippen LogP contribution in [0.15, 0.2) is 27.8 Å². The molecule has 5 N–H and O–H groups in total. The Kier molecular flexibility index (Phi) is 12.4. The minimum Gasteiger partial charge on any atom is -0.458 e. The molecule has 0 aliphatic heterocycles. The van der Waals surface area contributed by atoms with Crippen molar-refractivity contribution in [2.24, 2.45) is 10.3 Å². The molecule has 162 valence electrons. The fourth-order valence-corrected chi connectivity index (χ4v) is 3.26. The quantitative estimate of drug-likeness (QED) is 0.114. The van der Waals surface area contributed by atoms with Crippen molar-refractivity contribution in [2.45, 2.75) is 59.8 Å². The predicted molar refractivity (Wildman–Crippen MR) is 125 cm³/mol. The summed E-state index contributed by atoms with van der Waals surface area (Å²) < 4.78 is 5.09. The number of rotatable bonds is 5. The third-order valence-corrected chi connectivity index (χ3v) is 4.62. The summed E-state index contributed by atoms with van der Waals surface area (Å²) in [6.45, 7) is 12.1. The van der Waals surface area contributed by atoms with Gasteiger partial charge in [0.25, 0.3) is 0 Å². The summed E-state index contributed by atoms with van der Waals surface area (Å²) in [5, 5.41) is 16.7. The van der Waals surface area contributed by atoms with Gasteiger partial charge in [-0.2, -0.15) is 0 Å². The first-order chi connectivity index (χ1) is 13.7. The van der Waals surface area contributed by atoms with Gasteiger partial charge in [-0.05, 0) is 48.4 Å². The second-order valence-electron chi connectivity index (χ2n) is 6.91. The van der Waals surface area contributed by atoms with Gasteiger partial charge < -0.3 is 15.4 Å². The van der Waals surface area contributed by atoms with Gasteiger partial charge >= 0.3 is 0 Å². The van der Waals surface area contributed by atoms with Crippen LogP contribution in [0.5, 0.6) is 0 Å². The summed E-state index contributed by atoms with van der Waals surface area (Å²) in [5.41, 5.74) is 10.4. The Morgan fingerprint density at radius 1 is 1.28 bits per heavy atom. The number of oxime groups is 1. The summed E-state index contributed by atoms with van der Waals surface area (Å²) in [7, 11) is 0. The molecule has 0 atom stereocenters. The molecule has 0 bridgehead atoms. The topological polar surface area (TPSA) is 115 Å². The fourth-order valence-electron chi connectivity index (χ4n) is 2.88. The maximum atomic E-state index is 10.4. The van der Waals surface area contributed by atoms with Gasteiger partial charge in [0.1, 0.15) is 5.76 Å². The molecule has 0 fully saturated rings. The smallest absolute Gasteiger partial charge is 0.185 e. The Labute approximate surface area is 183 Å². The van der Waals surface area contributed by atoms with E-state index in [1.807, 2.05) is 19.1 Å². The average molecular weight is 442 g/mol. The van der Waals surface area contributed by atoms with Crippen LogP contribution in [0.3, 0.4) is 0 Å². The first-order valence-electron chi connectivity index (χ1n) is 9.28. The van der Waals surface area contributed by atoms with E-state index in [1.54, 1.807) is 13.0 Å². The Morgan fingerprint density at radius 2 is 1.86 bits per heavy atom. The number of carbonyl (C=O) groups is 1. The van der Waals surface area contributed by atoms with Crippen molar-refractivity contribution in [1.29, 1.82) is 0 Å². The number of furan rings is 1. The zero-order chi connectivity index (χ0) is 22.7. The van der Waals surface area contributed by atoms with Crippen LogP contribution in [0, 0.1) is 6.92 Å². The zero-order valence-corrected chi connectivity index (χ0v) is 19.5. The highest BCUT2D eigenvalue weighted by molar-refractivity contribution is 7.77. The Hall–Kier alpha value is -1.96. The van der Waals surface area contributed by atoms with E-state index in [0.29, 0.717) is 41.6 Å². The van der Waals surface area contributed by atoms with Crippen molar-refractivity contribution in [2.75, 3.05) is 5.73 Å². The van der Waals surface area contributed by atoms with Crippen LogP contribution < -0.4 is 10.9 Å². The molecule has 8 heteroatoms. The number of anilines is 1. The van der Waals surface area contributed by atoms with E-state index >= 15 is 0 Å². The molecule has 0 saturated carbocycles. The van der Waals surface area contributed by atoms with Crippen molar-refractivity contribution in [3.63, 3.8) is 0 Å². The lowest BCUT2D eigenvalue weighted by atomic mass is 9.93. The van der Waals surface area contributed by atoms with Gasteiger partial charge in [0, 0.05) is 16.3 Å². The molecule has 0 radical (unpaired) electrons. The predicted octanol–water partition coefficient (Wildman–Crippen LogP) is 5.95. The third-order valence-electron chi connectivity index (χ3n) is 4.29. The molecule has 0 spiro atoms. The van der Waals surface area contributed by atoms with Gasteiger partial charge in [0.2, 0.25) is 0 Å². The molecule has 0 amide bonds. The van der Waals surface area contributed by atoms with Crippen LogP contribution in [-0.2, 0) is 0 Å². The van der Waals surface area contributed by atoms with Gasteiger partial charge in [-0.25, -0.2) is 0 Å². The summed E-state index contributed by atoms with van der Waals surface area (Å²) >= 11 is 9.15. The number of hydrogen-bond acceptors (Lipinski definition) is 7. The SMILES string of the molecule is CC(C)c1ccc(Cl)c(C(C)C)c1N.CC/C(=N/O)c1cc(C=O)oc1C.NS. The van der Waals surface area contributed by atoms with E-state index in [0.717, 1.165) is 16.3 Å². The number of nitrogens with two attached hydrogens (primary N) is 2. The first kappa shape index (κ1) is 27.0. The number of halogens is 1. The van der Waals surface area contributed by atoms with Crippen molar-refractivity contribution < 1.29 is 14.4 Å². The molecule has 0 unspecified atom stereocenters. The highest BCUT2D eigenvalue weighted by Gasteiger charge is 2.14. The highest BCUT2D eigenvalue weighted by atomic mass is 35.5. The highest BCUT2D eigenvalue weighted by Crippen LogP contribution is 2.35. The standard InChI is InChI=1S/C12H18ClN.C9H11NO3.H3NS/c1-7(2)9-5-6-10(13)11(8(3)4)12(9)14;1-3-9(10-12)8-4-7(5-11)13-6(8)2;1-2/h5-8H,14H2,1-4H3;4-5,12H,3H2,1-2H3;2H,1H2/b;10-9-;. The molecule has 0 aliphatic carbocycles. The van der Waals surface area contributed by atoms with Crippen LogP contribution in [0.2, 0.25) is 5.02 Å². The molecule has 29 heavy (non-hydrogen) atoms. The van der Waals surface area contributed by atoms with Gasteiger partial charge in [0.15, 0.2) is 12.0 Å². The Morgan fingerprint density at radius 3 is 2.24 bits per heavy atom. The van der Waals surface area contributed by atoms with Crippen molar-refractivity contribution >= 4 is 42.1 Å². The summed E-state index contributed by atoms with van der Waals surface area (Å²) in [6.07, 6.45) is 1.22. The van der Waals surface area contributed by atoms with E-state index < -0.39 is 0 Å². The van der Waals surface area contributed by atoms with Gasteiger partial charge in [-0.15, -0.1) is 12.8 Å². The number of aryl methyl sites for hydroxylation is 1. The lowest BCUT2D eigenvalue weighted by Gasteiger charge is -2.17. The van der Waals surface area contributed by atoms with Gasteiger partial charge in [0.05, 0.1) is 5.71 Å². The minimum absolute atomic E-state index is 0.252. The maximum absolute atomic E-state index is 10.4. The fraction of sp³-hybridized carbons (Fsp3) is 0.429. The van der Waals surface area contributed by atoms with Crippen LogP contribution in [0.1, 0.15) is 85.9 Å². The molecule has 2 rings (SSSR count). The molecular weight excluding hydrogens is 410 g/mol. The van der Waals surface area contributed by atoms with E-state index in [4.69, 9.17) is 27.0 Å². The zero-order valence-electron chi connectivity index (χ0n) is 17.9. The number of thiol groups is 1. The number of nitrogen functional groups attached to an aromatic ring is 1. The molecule has 6 nitrogen and oxygen atoms in total. The number of carbonyl (C=O) groups excluding carboxylic acids is 1. The molecular formula is C21H32ClN3O3S. The lowest BCUT2D eigenvalue weighted by molar-refractivity contribution is 0.109. The van der Waals surface area contributed by atoms with Crippen LogP contribution in [-0.4, -0.2) is 17.2 Å². The number of hydrogen-bond donors (Lipinski definition) is 4. The summed E-state index contributed by atoms with van der Waals surface area (Å²) in [4.78, 5) is 10.4. The summed E-state index contributed by atoms with van der Waals surface area (Å²) in [6, 6.07) is 5.54. The Balaban J connectivity index is 0.000000499. The van der Waals surface area contributed by atoms with Gasteiger partial charge in [-0.1, -0.05) is 57.4 Å². The van der Waals surface area contributed by atoms with Crippen molar-refractivity contribution in [3.8, 4) is 0 Å². The molecule has 1 aromatic carbocycles. The second kappa shape index (κ2) is 13.3. The minimum atomic E-state index is 0.252. The first-order valence-corrected chi connectivity index (χ1v) is 10.2. The molecule has 0 saturated heterocycles. The molecule has 1 aromatic heterocycles. The molecule has 1 heterocycles.